The fraction of sp³-hybridized carbons (Fsp3) is 0.625. The first kappa shape index (κ1) is 17.5. The second-order valence-electron chi connectivity index (χ2n) is 6.19. The minimum atomic E-state index is -0.689. The molecule has 0 unspecified atom stereocenters. The van der Waals surface area contributed by atoms with Crippen molar-refractivity contribution in [3.63, 3.8) is 0 Å². The molecule has 1 aromatic rings. The summed E-state index contributed by atoms with van der Waals surface area (Å²) in [6, 6.07) is 6.03. The summed E-state index contributed by atoms with van der Waals surface area (Å²) in [6.07, 6.45) is 0.613. The Morgan fingerprint density at radius 3 is 2.65 bits per heavy atom. The third-order valence-corrected chi connectivity index (χ3v) is 3.36. The van der Waals surface area contributed by atoms with Gasteiger partial charge >= 0.3 is 0 Å². The van der Waals surface area contributed by atoms with E-state index < -0.39 is 5.60 Å². The van der Waals surface area contributed by atoms with Gasteiger partial charge in [-0.15, -0.1) is 0 Å². The van der Waals surface area contributed by atoms with Crippen LogP contribution in [0.5, 0.6) is 5.75 Å². The van der Waals surface area contributed by atoms with E-state index in [0.29, 0.717) is 18.9 Å². The number of hydrogen-bond donors (Lipinski definition) is 2. The van der Waals surface area contributed by atoms with Crippen molar-refractivity contribution < 1.29 is 9.84 Å². The smallest absolute Gasteiger partial charge is 0.123 e. The lowest BCUT2D eigenvalue weighted by atomic mass is 10.1. The molecule has 0 fully saturated rings. The molecule has 0 atom stereocenters. The fourth-order valence-corrected chi connectivity index (χ4v) is 2.14. The molecule has 0 amide bonds. The molecule has 0 aromatic heterocycles. The standard InChI is InChI=1S/C16H26BrNO2/c1-12(2)10-18-11-13-9-14(17)5-6-15(13)20-8-7-16(3,4)19/h5-6,9,12,18-19H,7-8,10-11H2,1-4H3. The van der Waals surface area contributed by atoms with E-state index >= 15 is 0 Å². The molecule has 0 saturated heterocycles. The van der Waals surface area contributed by atoms with Crippen LogP contribution < -0.4 is 10.1 Å². The Bertz CT molecular complexity index is 413. The zero-order valence-corrected chi connectivity index (χ0v) is 14.5. The molecule has 4 heteroatoms. The highest BCUT2D eigenvalue weighted by molar-refractivity contribution is 9.10. The van der Waals surface area contributed by atoms with E-state index in [1.807, 2.05) is 12.1 Å². The maximum Gasteiger partial charge on any atom is 0.123 e. The van der Waals surface area contributed by atoms with Crippen molar-refractivity contribution in [2.75, 3.05) is 13.2 Å². The number of rotatable bonds is 8. The van der Waals surface area contributed by atoms with Crippen molar-refractivity contribution in [1.82, 2.24) is 5.32 Å². The van der Waals surface area contributed by atoms with Gasteiger partial charge < -0.3 is 15.2 Å². The highest BCUT2D eigenvalue weighted by Gasteiger charge is 2.13. The van der Waals surface area contributed by atoms with Crippen molar-refractivity contribution in [3.8, 4) is 5.75 Å². The number of halogens is 1. The first-order chi connectivity index (χ1) is 9.28. The zero-order chi connectivity index (χ0) is 15.2. The van der Waals surface area contributed by atoms with E-state index in [-0.39, 0.29) is 0 Å². The van der Waals surface area contributed by atoms with Gasteiger partial charge in [0.05, 0.1) is 12.2 Å². The molecular formula is C16H26BrNO2. The number of aliphatic hydroxyl groups is 1. The number of hydrogen-bond acceptors (Lipinski definition) is 3. The van der Waals surface area contributed by atoms with E-state index in [2.05, 4.69) is 41.2 Å². The maximum absolute atomic E-state index is 9.71. The van der Waals surface area contributed by atoms with Gasteiger partial charge in [-0.05, 0) is 44.5 Å². The molecule has 0 heterocycles. The molecule has 0 aliphatic rings. The Labute approximate surface area is 130 Å². The second-order valence-corrected chi connectivity index (χ2v) is 7.10. The quantitative estimate of drug-likeness (QED) is 0.755. The highest BCUT2D eigenvalue weighted by atomic mass is 79.9. The number of benzene rings is 1. The van der Waals surface area contributed by atoms with Crippen molar-refractivity contribution >= 4 is 15.9 Å². The summed E-state index contributed by atoms with van der Waals surface area (Å²) in [5, 5.41) is 13.1. The fourth-order valence-electron chi connectivity index (χ4n) is 1.73. The predicted molar refractivity (Wildman–Crippen MR) is 87.1 cm³/mol. The summed E-state index contributed by atoms with van der Waals surface area (Å²) in [4.78, 5) is 0. The van der Waals surface area contributed by atoms with Gasteiger partial charge in [0.2, 0.25) is 0 Å². The molecular weight excluding hydrogens is 318 g/mol. The minimum absolute atomic E-state index is 0.516. The molecule has 0 bridgehead atoms. The average molecular weight is 344 g/mol. The van der Waals surface area contributed by atoms with Crippen molar-refractivity contribution in [2.45, 2.75) is 46.3 Å². The Morgan fingerprint density at radius 1 is 1.35 bits per heavy atom. The lowest BCUT2D eigenvalue weighted by Gasteiger charge is -2.18. The van der Waals surface area contributed by atoms with Crippen LogP contribution in [0.1, 0.15) is 39.7 Å². The van der Waals surface area contributed by atoms with E-state index in [4.69, 9.17) is 4.74 Å². The summed E-state index contributed by atoms with van der Waals surface area (Å²) in [7, 11) is 0. The first-order valence-corrected chi connectivity index (χ1v) is 7.91. The molecule has 1 aromatic carbocycles. The topological polar surface area (TPSA) is 41.5 Å². The van der Waals surface area contributed by atoms with Crippen LogP contribution in [0.4, 0.5) is 0 Å². The Morgan fingerprint density at radius 2 is 2.05 bits per heavy atom. The van der Waals surface area contributed by atoms with Gasteiger partial charge in [0, 0.05) is 23.0 Å². The zero-order valence-electron chi connectivity index (χ0n) is 12.9. The van der Waals surface area contributed by atoms with Gasteiger partial charge in [-0.1, -0.05) is 29.8 Å². The Hall–Kier alpha value is -0.580. The molecule has 20 heavy (non-hydrogen) atoms. The van der Waals surface area contributed by atoms with E-state index in [0.717, 1.165) is 28.9 Å². The molecule has 3 nitrogen and oxygen atoms in total. The van der Waals surface area contributed by atoms with Crippen molar-refractivity contribution in [1.29, 1.82) is 0 Å². The van der Waals surface area contributed by atoms with Crippen LogP contribution in [0.15, 0.2) is 22.7 Å². The molecule has 0 saturated carbocycles. The number of nitrogens with one attached hydrogen (secondary N) is 1. The Balaban J connectivity index is 2.60. The summed E-state index contributed by atoms with van der Waals surface area (Å²) >= 11 is 3.49. The van der Waals surface area contributed by atoms with E-state index in [9.17, 15) is 5.11 Å². The monoisotopic (exact) mass is 343 g/mol. The molecule has 1 rings (SSSR count). The molecule has 0 radical (unpaired) electrons. The van der Waals surface area contributed by atoms with Gasteiger partial charge in [-0.3, -0.25) is 0 Å². The molecule has 114 valence electrons. The van der Waals surface area contributed by atoms with Gasteiger partial charge in [-0.25, -0.2) is 0 Å². The maximum atomic E-state index is 9.71. The van der Waals surface area contributed by atoms with Crippen LogP contribution >= 0.6 is 15.9 Å². The average Bonchev–Trinajstić information content (AvgIpc) is 2.30. The predicted octanol–water partition coefficient (Wildman–Crippen LogP) is 3.73. The highest BCUT2D eigenvalue weighted by Crippen LogP contribution is 2.24. The second kappa shape index (κ2) is 8.01. The largest absolute Gasteiger partial charge is 0.493 e. The third kappa shape index (κ3) is 7.27. The lowest BCUT2D eigenvalue weighted by Crippen LogP contribution is -2.22. The van der Waals surface area contributed by atoms with Crippen molar-refractivity contribution in [3.05, 3.63) is 28.2 Å². The summed E-state index contributed by atoms with van der Waals surface area (Å²) in [5.74, 6) is 1.51. The molecule has 2 N–H and O–H groups in total. The molecule has 0 aliphatic carbocycles. The summed E-state index contributed by atoms with van der Waals surface area (Å²) in [6.45, 7) is 10.3. The van der Waals surface area contributed by atoms with Crippen molar-refractivity contribution in [2.24, 2.45) is 5.92 Å². The van der Waals surface area contributed by atoms with Crippen LogP contribution in [0, 0.1) is 5.92 Å². The van der Waals surface area contributed by atoms with Gasteiger partial charge in [0.25, 0.3) is 0 Å². The number of ether oxygens (including phenoxy) is 1. The van der Waals surface area contributed by atoms with Gasteiger partial charge in [0.15, 0.2) is 0 Å². The lowest BCUT2D eigenvalue weighted by molar-refractivity contribution is 0.0552. The summed E-state index contributed by atoms with van der Waals surface area (Å²) < 4.78 is 6.85. The molecule has 0 aliphatic heterocycles. The van der Waals surface area contributed by atoms with Crippen LogP contribution in [0.25, 0.3) is 0 Å². The van der Waals surface area contributed by atoms with Crippen LogP contribution in [-0.4, -0.2) is 23.9 Å². The third-order valence-electron chi connectivity index (χ3n) is 2.86. The van der Waals surface area contributed by atoms with Crippen LogP contribution in [-0.2, 0) is 6.54 Å². The Kier molecular flexibility index (Phi) is 7.00. The molecule has 0 spiro atoms. The SMILES string of the molecule is CC(C)CNCc1cc(Br)ccc1OCCC(C)(C)O. The minimum Gasteiger partial charge on any atom is -0.493 e. The van der Waals surface area contributed by atoms with Gasteiger partial charge in [-0.2, -0.15) is 0 Å². The summed E-state index contributed by atoms with van der Waals surface area (Å²) in [5.41, 5.74) is 0.446. The van der Waals surface area contributed by atoms with Crippen LogP contribution in [0.2, 0.25) is 0 Å². The van der Waals surface area contributed by atoms with Gasteiger partial charge in [0.1, 0.15) is 5.75 Å². The van der Waals surface area contributed by atoms with E-state index in [1.165, 1.54) is 0 Å². The first-order valence-electron chi connectivity index (χ1n) is 7.12. The van der Waals surface area contributed by atoms with Crippen LogP contribution in [0.3, 0.4) is 0 Å². The van der Waals surface area contributed by atoms with E-state index in [1.54, 1.807) is 13.8 Å². The normalized spacial score (nSPS) is 11.9.